The monoisotopic (exact) mass is 424 g/mol. The molecule has 0 saturated carbocycles. The average Bonchev–Trinajstić information content (AvgIpc) is 3.31. The molecule has 0 atom stereocenters. The van der Waals surface area contributed by atoms with Crippen molar-refractivity contribution in [3.05, 3.63) is 78.6 Å². The lowest BCUT2D eigenvalue weighted by Gasteiger charge is -2.11. The maximum atomic E-state index is 6.15. The first-order valence-corrected chi connectivity index (χ1v) is 10.3. The molecule has 0 aliphatic carbocycles. The van der Waals surface area contributed by atoms with Gasteiger partial charge in [-0.2, -0.15) is 0 Å². The Morgan fingerprint density at radius 3 is 2.38 bits per heavy atom. The number of hydrogen-bond acceptors (Lipinski definition) is 7. The van der Waals surface area contributed by atoms with Crippen molar-refractivity contribution in [2.24, 2.45) is 0 Å². The molecule has 0 amide bonds. The standard InChI is InChI=1S/C25H20N4O3/c1-3-30-20-9-6-18-14-21(25-29-28-23(32-25)17-10-12-26-13-11-17)24(27-22(18)15-20)31-19-7-4-16(2)5-8-19/h4-15H,3H2,1-2H3. The van der Waals surface area contributed by atoms with Crippen LogP contribution in [0.5, 0.6) is 17.4 Å². The van der Waals surface area contributed by atoms with Crippen molar-refractivity contribution < 1.29 is 13.9 Å². The Balaban J connectivity index is 1.61. The molecule has 0 unspecified atom stereocenters. The van der Waals surface area contributed by atoms with Crippen LogP contribution in [-0.4, -0.2) is 26.8 Å². The van der Waals surface area contributed by atoms with Crippen molar-refractivity contribution in [1.29, 1.82) is 0 Å². The number of ether oxygens (including phenoxy) is 2. The molecule has 0 spiro atoms. The van der Waals surface area contributed by atoms with Gasteiger partial charge in [0.1, 0.15) is 17.1 Å². The van der Waals surface area contributed by atoms with Gasteiger partial charge in [-0.25, -0.2) is 4.98 Å². The van der Waals surface area contributed by atoms with E-state index in [0.717, 1.165) is 27.8 Å². The summed E-state index contributed by atoms with van der Waals surface area (Å²) >= 11 is 0. The van der Waals surface area contributed by atoms with Crippen molar-refractivity contribution in [2.75, 3.05) is 6.61 Å². The van der Waals surface area contributed by atoms with Gasteiger partial charge in [0.15, 0.2) is 0 Å². The van der Waals surface area contributed by atoms with Gasteiger partial charge >= 0.3 is 0 Å². The number of aromatic nitrogens is 4. The smallest absolute Gasteiger partial charge is 0.253 e. The van der Waals surface area contributed by atoms with Gasteiger partial charge < -0.3 is 13.9 Å². The maximum absolute atomic E-state index is 6.15. The molecule has 32 heavy (non-hydrogen) atoms. The van der Waals surface area contributed by atoms with E-state index in [1.54, 1.807) is 12.4 Å². The lowest BCUT2D eigenvalue weighted by atomic mass is 10.1. The summed E-state index contributed by atoms with van der Waals surface area (Å²) in [6.45, 7) is 4.55. The molecule has 0 aliphatic rings. The first-order valence-electron chi connectivity index (χ1n) is 10.3. The van der Waals surface area contributed by atoms with Gasteiger partial charge in [-0.3, -0.25) is 4.98 Å². The van der Waals surface area contributed by atoms with E-state index in [1.807, 2.05) is 74.5 Å². The van der Waals surface area contributed by atoms with E-state index in [0.29, 0.717) is 35.6 Å². The van der Waals surface area contributed by atoms with Gasteiger partial charge in [0.2, 0.25) is 11.8 Å². The second-order valence-corrected chi connectivity index (χ2v) is 7.19. The fraction of sp³-hybridized carbons (Fsp3) is 0.120. The van der Waals surface area contributed by atoms with Crippen molar-refractivity contribution in [3.63, 3.8) is 0 Å². The van der Waals surface area contributed by atoms with Crippen molar-refractivity contribution >= 4 is 10.9 Å². The summed E-state index contributed by atoms with van der Waals surface area (Å²) in [6.07, 6.45) is 3.36. The molecule has 7 heteroatoms. The van der Waals surface area contributed by atoms with Gasteiger partial charge in [0, 0.05) is 29.4 Å². The molecule has 7 nitrogen and oxygen atoms in total. The zero-order chi connectivity index (χ0) is 21.9. The highest BCUT2D eigenvalue weighted by atomic mass is 16.5. The molecule has 5 rings (SSSR count). The second kappa shape index (κ2) is 8.47. The van der Waals surface area contributed by atoms with Crippen molar-refractivity contribution in [2.45, 2.75) is 13.8 Å². The van der Waals surface area contributed by atoms with Crippen LogP contribution in [0.15, 0.2) is 77.5 Å². The largest absolute Gasteiger partial charge is 0.494 e. The molecule has 5 aromatic rings. The van der Waals surface area contributed by atoms with Crippen molar-refractivity contribution in [3.8, 4) is 40.3 Å². The molecule has 0 saturated heterocycles. The number of pyridine rings is 2. The Kier molecular flexibility index (Phi) is 5.21. The summed E-state index contributed by atoms with van der Waals surface area (Å²) in [6, 6.07) is 19.1. The average molecular weight is 424 g/mol. The Bertz CT molecular complexity index is 1370. The Hall–Kier alpha value is -4.26. The number of aryl methyl sites for hydroxylation is 1. The fourth-order valence-corrected chi connectivity index (χ4v) is 3.28. The van der Waals surface area contributed by atoms with E-state index < -0.39 is 0 Å². The van der Waals surface area contributed by atoms with Gasteiger partial charge in [-0.1, -0.05) is 17.7 Å². The third-order valence-electron chi connectivity index (χ3n) is 4.88. The summed E-state index contributed by atoms with van der Waals surface area (Å²) in [4.78, 5) is 8.78. The topological polar surface area (TPSA) is 83.2 Å². The normalized spacial score (nSPS) is 10.9. The number of hydrogen-bond donors (Lipinski definition) is 0. The summed E-state index contributed by atoms with van der Waals surface area (Å²) in [5, 5.41) is 9.35. The summed E-state index contributed by atoms with van der Waals surface area (Å²) < 4.78 is 17.7. The van der Waals surface area contributed by atoms with E-state index in [2.05, 4.69) is 15.2 Å². The molecule has 158 valence electrons. The molecule has 0 fully saturated rings. The first kappa shape index (κ1) is 19.7. The SMILES string of the molecule is CCOc1ccc2cc(-c3nnc(-c4ccncc4)o3)c(Oc3ccc(C)cc3)nc2c1. The van der Waals surface area contributed by atoms with Crippen LogP contribution in [-0.2, 0) is 0 Å². The van der Waals surface area contributed by atoms with Gasteiger partial charge in [-0.05, 0) is 56.3 Å². The highest BCUT2D eigenvalue weighted by Gasteiger charge is 2.18. The predicted molar refractivity (Wildman–Crippen MR) is 121 cm³/mol. The minimum absolute atomic E-state index is 0.321. The summed E-state index contributed by atoms with van der Waals surface area (Å²) in [5.41, 5.74) is 3.28. The Morgan fingerprint density at radius 2 is 1.59 bits per heavy atom. The van der Waals surface area contributed by atoms with Crippen LogP contribution >= 0.6 is 0 Å². The second-order valence-electron chi connectivity index (χ2n) is 7.19. The van der Waals surface area contributed by atoms with Gasteiger partial charge in [0.25, 0.3) is 5.89 Å². The highest BCUT2D eigenvalue weighted by Crippen LogP contribution is 2.36. The third kappa shape index (κ3) is 4.00. The van der Waals surface area contributed by atoms with E-state index in [-0.39, 0.29) is 0 Å². The number of benzene rings is 2. The summed E-state index contributed by atoms with van der Waals surface area (Å²) in [7, 11) is 0. The molecule has 0 aliphatic heterocycles. The van der Waals surface area contributed by atoms with Crippen LogP contribution in [0.4, 0.5) is 0 Å². The third-order valence-corrected chi connectivity index (χ3v) is 4.88. The summed E-state index contributed by atoms with van der Waals surface area (Å²) in [5.74, 6) is 2.51. The first-order chi connectivity index (χ1) is 15.7. The Morgan fingerprint density at radius 1 is 0.844 bits per heavy atom. The van der Waals surface area contributed by atoms with Crippen LogP contribution < -0.4 is 9.47 Å². The van der Waals surface area contributed by atoms with E-state index in [1.165, 1.54) is 0 Å². The van der Waals surface area contributed by atoms with E-state index in [4.69, 9.17) is 18.9 Å². The molecular weight excluding hydrogens is 404 g/mol. The minimum Gasteiger partial charge on any atom is -0.494 e. The van der Waals surface area contributed by atoms with E-state index in [9.17, 15) is 0 Å². The van der Waals surface area contributed by atoms with Crippen LogP contribution in [0.3, 0.4) is 0 Å². The zero-order valence-corrected chi connectivity index (χ0v) is 17.6. The molecule has 0 radical (unpaired) electrons. The lowest BCUT2D eigenvalue weighted by Crippen LogP contribution is -1.95. The highest BCUT2D eigenvalue weighted by molar-refractivity contribution is 5.86. The van der Waals surface area contributed by atoms with Crippen LogP contribution in [0.1, 0.15) is 12.5 Å². The predicted octanol–water partition coefficient (Wildman–Crippen LogP) is 5.85. The molecular formula is C25H20N4O3. The van der Waals surface area contributed by atoms with Crippen LogP contribution in [0, 0.1) is 6.92 Å². The number of nitrogens with zero attached hydrogens (tertiary/aromatic N) is 4. The Labute approximate surface area is 184 Å². The van der Waals surface area contributed by atoms with Crippen molar-refractivity contribution in [1.82, 2.24) is 20.2 Å². The quantitative estimate of drug-likeness (QED) is 0.338. The van der Waals surface area contributed by atoms with Gasteiger partial charge in [0.05, 0.1) is 12.1 Å². The zero-order valence-electron chi connectivity index (χ0n) is 17.6. The number of rotatable bonds is 6. The fourth-order valence-electron chi connectivity index (χ4n) is 3.28. The molecule has 0 bridgehead atoms. The molecule has 3 aromatic heterocycles. The van der Waals surface area contributed by atoms with Gasteiger partial charge in [-0.15, -0.1) is 10.2 Å². The van der Waals surface area contributed by atoms with E-state index >= 15 is 0 Å². The lowest BCUT2D eigenvalue weighted by molar-refractivity contribution is 0.340. The minimum atomic E-state index is 0.321. The number of fused-ring (bicyclic) bond motifs is 1. The molecule has 0 N–H and O–H groups in total. The van der Waals surface area contributed by atoms with Crippen LogP contribution in [0.2, 0.25) is 0 Å². The molecule has 3 heterocycles. The maximum Gasteiger partial charge on any atom is 0.253 e. The molecule has 2 aromatic carbocycles. The van der Waals surface area contributed by atoms with Crippen LogP contribution in [0.25, 0.3) is 33.8 Å².